The van der Waals surface area contributed by atoms with Crippen LogP contribution in [0, 0.1) is 11.2 Å². The summed E-state index contributed by atoms with van der Waals surface area (Å²) in [7, 11) is 1.61. The van der Waals surface area contributed by atoms with E-state index in [4.69, 9.17) is 25.4 Å². The second kappa shape index (κ2) is 9.33. The number of amidine groups is 1. The molecule has 9 heteroatoms. The Morgan fingerprint density at radius 1 is 1.31 bits per heavy atom. The van der Waals surface area contributed by atoms with Crippen LogP contribution in [0.5, 0.6) is 5.75 Å². The Hall–Kier alpha value is -3.20. The zero-order valence-corrected chi connectivity index (χ0v) is 16.1. The van der Waals surface area contributed by atoms with Gasteiger partial charge in [0.2, 0.25) is 0 Å². The molecule has 0 bridgehead atoms. The molecule has 1 aromatic carbocycles. The van der Waals surface area contributed by atoms with Crippen LogP contribution in [0.25, 0.3) is 0 Å². The van der Waals surface area contributed by atoms with Gasteiger partial charge in [0.25, 0.3) is 0 Å². The number of methoxy groups -OCH3 is 1. The molecule has 3 rings (SSSR count). The molecule has 2 aromatic rings. The molecule has 1 saturated heterocycles. The van der Waals surface area contributed by atoms with Crippen molar-refractivity contribution in [1.29, 1.82) is 5.41 Å². The van der Waals surface area contributed by atoms with Crippen LogP contribution in [0.3, 0.4) is 0 Å². The van der Waals surface area contributed by atoms with Gasteiger partial charge in [0, 0.05) is 12.7 Å². The highest BCUT2D eigenvalue weighted by atomic mass is 19.1. The van der Waals surface area contributed by atoms with Crippen molar-refractivity contribution >= 4 is 17.5 Å². The summed E-state index contributed by atoms with van der Waals surface area (Å²) in [4.78, 5) is 17.6. The largest absolute Gasteiger partial charge is 0.485 e. The average Bonchev–Trinajstić information content (AvgIpc) is 2.65. The molecule has 0 unspecified atom stereocenters. The zero-order chi connectivity index (χ0) is 20.8. The van der Waals surface area contributed by atoms with Gasteiger partial charge in [-0.3, -0.25) is 15.2 Å². The molecule has 3 N–H and O–H groups in total. The Morgan fingerprint density at radius 3 is 2.76 bits per heavy atom. The lowest BCUT2D eigenvalue weighted by molar-refractivity contribution is -0.143. The summed E-state index contributed by atoms with van der Waals surface area (Å²) >= 11 is 0. The van der Waals surface area contributed by atoms with Crippen molar-refractivity contribution < 1.29 is 23.4 Å². The molecule has 1 aliphatic heterocycles. The van der Waals surface area contributed by atoms with E-state index in [2.05, 4.69) is 4.98 Å². The average molecular weight is 402 g/mol. The van der Waals surface area contributed by atoms with Crippen LogP contribution in [0.15, 0.2) is 36.5 Å². The number of halogens is 1. The molecule has 1 aliphatic rings. The van der Waals surface area contributed by atoms with E-state index in [1.807, 2.05) is 17.0 Å². The standard InChI is InChI=1S/C20H23FN4O4/c1-27-12-14-5-6-15(8-24-14)29-16-9-25(10-16)17-4-2-3-13(20(17)21)11-28-19(26)7-18(22)23/h2-6,8,16H,7,9-12H2,1H3,(H3,22,23). The summed E-state index contributed by atoms with van der Waals surface area (Å²) in [5.74, 6) is -0.738. The van der Waals surface area contributed by atoms with Gasteiger partial charge in [0.1, 0.15) is 30.7 Å². The quantitative estimate of drug-likeness (QED) is 0.375. The third-order valence-electron chi connectivity index (χ3n) is 4.36. The number of carbonyl (C=O) groups is 1. The molecular formula is C20H23FN4O4. The Labute approximate surface area is 167 Å². The first-order valence-corrected chi connectivity index (χ1v) is 9.07. The number of ether oxygens (including phenoxy) is 3. The third kappa shape index (κ3) is 5.41. The van der Waals surface area contributed by atoms with Crippen molar-refractivity contribution in [2.45, 2.75) is 25.7 Å². The topological polar surface area (TPSA) is 111 Å². The number of esters is 1. The van der Waals surface area contributed by atoms with E-state index in [0.717, 1.165) is 5.69 Å². The summed E-state index contributed by atoms with van der Waals surface area (Å²) in [5.41, 5.74) is 6.66. The number of nitrogens with two attached hydrogens (primary N) is 1. The lowest BCUT2D eigenvalue weighted by Gasteiger charge is -2.40. The van der Waals surface area contributed by atoms with E-state index in [1.165, 1.54) is 0 Å². The maximum absolute atomic E-state index is 14.8. The number of anilines is 1. The fourth-order valence-corrected chi connectivity index (χ4v) is 2.90. The zero-order valence-electron chi connectivity index (χ0n) is 16.1. The molecule has 0 aliphatic carbocycles. The minimum atomic E-state index is -0.662. The number of aromatic nitrogens is 1. The summed E-state index contributed by atoms with van der Waals surface area (Å²) in [6, 6.07) is 8.61. The molecule has 0 atom stereocenters. The SMILES string of the molecule is COCc1ccc(OC2CN(c3cccc(COC(=O)CC(=N)N)c3F)C2)cn1. The van der Waals surface area contributed by atoms with Crippen LogP contribution in [0.2, 0.25) is 0 Å². The third-order valence-corrected chi connectivity index (χ3v) is 4.36. The molecule has 2 heterocycles. The fourth-order valence-electron chi connectivity index (χ4n) is 2.90. The Bertz CT molecular complexity index is 869. The monoisotopic (exact) mass is 402 g/mol. The van der Waals surface area contributed by atoms with Crippen molar-refractivity contribution in [2.24, 2.45) is 5.73 Å². The van der Waals surface area contributed by atoms with E-state index in [1.54, 1.807) is 31.5 Å². The first-order chi connectivity index (χ1) is 14.0. The van der Waals surface area contributed by atoms with Crippen molar-refractivity contribution in [3.63, 3.8) is 0 Å². The number of hydrogen-bond acceptors (Lipinski definition) is 7. The highest BCUT2D eigenvalue weighted by Crippen LogP contribution is 2.28. The number of nitrogens with zero attached hydrogens (tertiary/aromatic N) is 2. The van der Waals surface area contributed by atoms with E-state index >= 15 is 0 Å². The Morgan fingerprint density at radius 2 is 2.10 bits per heavy atom. The summed E-state index contributed by atoms with van der Waals surface area (Å²) < 4.78 is 30.6. The number of pyridine rings is 1. The van der Waals surface area contributed by atoms with Gasteiger partial charge >= 0.3 is 5.97 Å². The second-order valence-electron chi connectivity index (χ2n) is 6.68. The molecule has 154 valence electrons. The molecule has 0 saturated carbocycles. The lowest BCUT2D eigenvalue weighted by atomic mass is 10.1. The molecule has 29 heavy (non-hydrogen) atoms. The van der Waals surface area contributed by atoms with E-state index in [-0.39, 0.29) is 30.5 Å². The fraction of sp³-hybridized carbons (Fsp3) is 0.350. The highest BCUT2D eigenvalue weighted by Gasteiger charge is 2.31. The van der Waals surface area contributed by atoms with Gasteiger partial charge in [0.15, 0.2) is 5.82 Å². The summed E-state index contributed by atoms with van der Waals surface area (Å²) in [5, 5.41) is 7.08. The van der Waals surface area contributed by atoms with E-state index in [9.17, 15) is 9.18 Å². The van der Waals surface area contributed by atoms with E-state index in [0.29, 0.717) is 31.1 Å². The molecule has 8 nitrogen and oxygen atoms in total. The van der Waals surface area contributed by atoms with Gasteiger partial charge < -0.3 is 24.8 Å². The minimum Gasteiger partial charge on any atom is -0.485 e. The number of benzene rings is 1. The van der Waals surface area contributed by atoms with Crippen LogP contribution in [-0.2, 0) is 27.5 Å². The predicted octanol–water partition coefficient (Wildman–Crippen LogP) is 2.00. The number of carbonyl (C=O) groups excluding carboxylic acids is 1. The van der Waals surface area contributed by atoms with Gasteiger partial charge in [-0.25, -0.2) is 4.39 Å². The number of rotatable bonds is 9. The molecule has 1 fully saturated rings. The van der Waals surface area contributed by atoms with Gasteiger partial charge in [-0.1, -0.05) is 12.1 Å². The Kier molecular flexibility index (Phi) is 6.61. The molecular weight excluding hydrogens is 379 g/mol. The molecule has 1 aromatic heterocycles. The van der Waals surface area contributed by atoms with Crippen LogP contribution < -0.4 is 15.4 Å². The van der Waals surface area contributed by atoms with Gasteiger partial charge in [-0.05, 0) is 18.2 Å². The molecule has 0 amide bonds. The number of hydrogen-bond donors (Lipinski definition) is 2. The van der Waals surface area contributed by atoms with Crippen molar-refractivity contribution in [3.05, 3.63) is 53.6 Å². The summed E-state index contributed by atoms with van der Waals surface area (Å²) in [6.07, 6.45) is 1.27. The predicted molar refractivity (Wildman–Crippen MR) is 104 cm³/mol. The first kappa shape index (κ1) is 20.5. The molecule has 0 spiro atoms. The van der Waals surface area contributed by atoms with Crippen LogP contribution in [-0.4, -0.2) is 43.1 Å². The summed E-state index contributed by atoms with van der Waals surface area (Å²) in [6.45, 7) is 1.30. The normalized spacial score (nSPS) is 13.7. The second-order valence-corrected chi connectivity index (χ2v) is 6.68. The van der Waals surface area contributed by atoms with E-state index < -0.39 is 11.8 Å². The van der Waals surface area contributed by atoms with Crippen molar-refractivity contribution in [2.75, 3.05) is 25.1 Å². The maximum Gasteiger partial charge on any atom is 0.313 e. The van der Waals surface area contributed by atoms with Crippen LogP contribution in [0.4, 0.5) is 10.1 Å². The van der Waals surface area contributed by atoms with Crippen LogP contribution >= 0.6 is 0 Å². The van der Waals surface area contributed by atoms with Gasteiger partial charge in [-0.15, -0.1) is 0 Å². The van der Waals surface area contributed by atoms with Gasteiger partial charge in [-0.2, -0.15) is 0 Å². The Balaban J connectivity index is 1.53. The molecule has 0 radical (unpaired) electrons. The smallest absolute Gasteiger partial charge is 0.313 e. The highest BCUT2D eigenvalue weighted by molar-refractivity contribution is 5.94. The lowest BCUT2D eigenvalue weighted by Crippen LogP contribution is -2.54. The first-order valence-electron chi connectivity index (χ1n) is 9.07. The maximum atomic E-state index is 14.8. The van der Waals surface area contributed by atoms with Gasteiger partial charge in [0.05, 0.1) is 37.3 Å². The van der Waals surface area contributed by atoms with Crippen LogP contribution in [0.1, 0.15) is 17.7 Å². The minimum absolute atomic E-state index is 0.0680. The van der Waals surface area contributed by atoms with Crippen molar-refractivity contribution in [3.8, 4) is 5.75 Å². The van der Waals surface area contributed by atoms with Crippen molar-refractivity contribution in [1.82, 2.24) is 4.98 Å². The number of nitrogens with one attached hydrogen (secondary N) is 1.